The number of rotatable bonds is 3. The average Bonchev–Trinajstić information content (AvgIpc) is 2.37. The molecule has 0 spiro atoms. The third kappa shape index (κ3) is 3.60. The first-order valence-corrected chi connectivity index (χ1v) is 7.52. The number of nitrogens with one attached hydrogen (secondary N) is 2. The molecule has 0 aromatic carbocycles. The van der Waals surface area contributed by atoms with Gasteiger partial charge in [-0.15, -0.1) is 0 Å². The van der Waals surface area contributed by atoms with Gasteiger partial charge < -0.3 is 10.1 Å². The standard InChI is InChI=1S/C12H22N2O3S/c1-12(2)10(13-6-8-18-12)11(15)14-17-9-5-3-4-7-16-9/h9-10,13H,3-8H2,1-2H3,(H,14,15)/t9?,10-/m1/s1. The largest absolute Gasteiger partial charge is 0.350 e. The Kier molecular flexibility index (Phi) is 4.89. The summed E-state index contributed by atoms with van der Waals surface area (Å²) in [5, 5.41) is 3.24. The highest BCUT2D eigenvalue weighted by Crippen LogP contribution is 2.30. The van der Waals surface area contributed by atoms with Gasteiger partial charge in [-0.25, -0.2) is 10.3 Å². The summed E-state index contributed by atoms with van der Waals surface area (Å²) >= 11 is 1.81. The van der Waals surface area contributed by atoms with Gasteiger partial charge in [0.05, 0.1) is 0 Å². The Hall–Kier alpha value is -0.300. The second kappa shape index (κ2) is 6.23. The number of thioether (sulfide) groups is 1. The molecule has 1 unspecified atom stereocenters. The molecule has 0 saturated carbocycles. The van der Waals surface area contributed by atoms with Gasteiger partial charge in [0.1, 0.15) is 6.04 Å². The molecular formula is C12H22N2O3S. The molecule has 2 heterocycles. The Bertz CT molecular complexity index is 293. The van der Waals surface area contributed by atoms with E-state index in [1.165, 1.54) is 0 Å². The maximum absolute atomic E-state index is 12.1. The second-order valence-electron chi connectivity index (χ2n) is 5.22. The summed E-state index contributed by atoms with van der Waals surface area (Å²) in [6.45, 7) is 5.71. The van der Waals surface area contributed by atoms with E-state index in [1.807, 2.05) is 11.8 Å². The highest BCUT2D eigenvalue weighted by molar-refractivity contribution is 8.00. The van der Waals surface area contributed by atoms with Gasteiger partial charge in [0.2, 0.25) is 0 Å². The van der Waals surface area contributed by atoms with E-state index in [9.17, 15) is 4.79 Å². The Labute approximate surface area is 112 Å². The maximum Gasteiger partial charge on any atom is 0.262 e. The molecule has 2 saturated heterocycles. The molecule has 0 bridgehead atoms. The molecule has 6 heteroatoms. The summed E-state index contributed by atoms with van der Waals surface area (Å²) in [4.78, 5) is 17.4. The van der Waals surface area contributed by atoms with Crippen molar-refractivity contribution in [3.63, 3.8) is 0 Å². The summed E-state index contributed by atoms with van der Waals surface area (Å²) in [5.41, 5.74) is 2.54. The van der Waals surface area contributed by atoms with Crippen LogP contribution in [0.1, 0.15) is 33.1 Å². The number of amides is 1. The van der Waals surface area contributed by atoms with E-state index in [2.05, 4.69) is 24.6 Å². The number of hydroxylamine groups is 1. The number of carbonyl (C=O) groups excluding carboxylic acids is 1. The van der Waals surface area contributed by atoms with Gasteiger partial charge in [-0.05, 0) is 26.7 Å². The van der Waals surface area contributed by atoms with Crippen LogP contribution in [-0.4, -0.2) is 41.9 Å². The summed E-state index contributed by atoms with van der Waals surface area (Å²) in [5.74, 6) is 0.921. The Morgan fingerprint density at radius 2 is 2.33 bits per heavy atom. The van der Waals surface area contributed by atoms with Crippen LogP contribution in [0.5, 0.6) is 0 Å². The highest BCUT2D eigenvalue weighted by atomic mass is 32.2. The number of hydrogen-bond acceptors (Lipinski definition) is 5. The van der Waals surface area contributed by atoms with Gasteiger partial charge in [-0.2, -0.15) is 11.8 Å². The van der Waals surface area contributed by atoms with Crippen LogP contribution in [0.2, 0.25) is 0 Å². The van der Waals surface area contributed by atoms with Crippen molar-refractivity contribution in [1.29, 1.82) is 0 Å². The molecule has 5 nitrogen and oxygen atoms in total. The molecule has 0 aliphatic carbocycles. The van der Waals surface area contributed by atoms with Gasteiger partial charge in [-0.1, -0.05) is 0 Å². The normalized spacial score (nSPS) is 31.9. The van der Waals surface area contributed by atoms with Crippen LogP contribution in [0, 0.1) is 0 Å². The van der Waals surface area contributed by atoms with Gasteiger partial charge in [0.15, 0.2) is 6.29 Å². The van der Waals surface area contributed by atoms with E-state index in [0.717, 1.165) is 31.6 Å². The smallest absolute Gasteiger partial charge is 0.262 e. The van der Waals surface area contributed by atoms with Crippen molar-refractivity contribution in [1.82, 2.24) is 10.8 Å². The summed E-state index contributed by atoms with van der Waals surface area (Å²) in [7, 11) is 0. The second-order valence-corrected chi connectivity index (χ2v) is 6.97. The Morgan fingerprint density at radius 3 is 3.00 bits per heavy atom. The fraction of sp³-hybridized carbons (Fsp3) is 0.917. The molecule has 0 aromatic heterocycles. The quantitative estimate of drug-likeness (QED) is 0.753. The fourth-order valence-corrected chi connectivity index (χ4v) is 3.34. The summed E-state index contributed by atoms with van der Waals surface area (Å²) < 4.78 is 5.29. The predicted molar refractivity (Wildman–Crippen MR) is 71.1 cm³/mol. The lowest BCUT2D eigenvalue weighted by molar-refractivity contribution is -0.201. The van der Waals surface area contributed by atoms with E-state index in [-0.39, 0.29) is 23.0 Å². The molecule has 2 rings (SSSR count). The van der Waals surface area contributed by atoms with Crippen molar-refractivity contribution in [2.75, 3.05) is 18.9 Å². The molecule has 2 atom stereocenters. The van der Waals surface area contributed by atoms with Crippen molar-refractivity contribution in [2.45, 2.75) is 50.2 Å². The first-order chi connectivity index (χ1) is 8.59. The topological polar surface area (TPSA) is 59.6 Å². The first-order valence-electron chi connectivity index (χ1n) is 6.54. The number of hydrogen-bond donors (Lipinski definition) is 2. The average molecular weight is 274 g/mol. The lowest BCUT2D eigenvalue weighted by atomic mass is 10.0. The summed E-state index contributed by atoms with van der Waals surface area (Å²) in [6, 6.07) is -0.222. The molecule has 1 amide bonds. The van der Waals surface area contributed by atoms with Crippen molar-refractivity contribution < 1.29 is 14.4 Å². The molecule has 2 aliphatic rings. The van der Waals surface area contributed by atoms with E-state index in [1.54, 1.807) is 0 Å². The van der Waals surface area contributed by atoms with Crippen molar-refractivity contribution >= 4 is 17.7 Å². The van der Waals surface area contributed by atoms with Gasteiger partial charge in [0.25, 0.3) is 5.91 Å². The van der Waals surface area contributed by atoms with Crippen LogP contribution >= 0.6 is 11.8 Å². The molecule has 2 N–H and O–H groups in total. The van der Waals surface area contributed by atoms with Crippen LogP contribution in [0.4, 0.5) is 0 Å². The first kappa shape index (κ1) is 14.1. The Morgan fingerprint density at radius 1 is 1.50 bits per heavy atom. The number of ether oxygens (including phenoxy) is 1. The minimum absolute atomic E-state index is 0.110. The zero-order valence-electron chi connectivity index (χ0n) is 11.0. The lowest BCUT2D eigenvalue weighted by Crippen LogP contribution is -2.58. The van der Waals surface area contributed by atoms with E-state index < -0.39 is 0 Å². The molecule has 2 fully saturated rings. The van der Waals surface area contributed by atoms with E-state index in [0.29, 0.717) is 6.61 Å². The molecular weight excluding hydrogens is 252 g/mol. The van der Waals surface area contributed by atoms with Crippen molar-refractivity contribution in [3.8, 4) is 0 Å². The minimum Gasteiger partial charge on any atom is -0.350 e. The zero-order chi connectivity index (χ0) is 13.0. The van der Waals surface area contributed by atoms with Crippen molar-refractivity contribution in [2.24, 2.45) is 0 Å². The van der Waals surface area contributed by atoms with Crippen LogP contribution in [-0.2, 0) is 14.4 Å². The zero-order valence-corrected chi connectivity index (χ0v) is 11.8. The van der Waals surface area contributed by atoms with E-state index in [4.69, 9.17) is 9.57 Å². The fourth-order valence-electron chi connectivity index (χ4n) is 2.24. The highest BCUT2D eigenvalue weighted by Gasteiger charge is 2.38. The number of carbonyl (C=O) groups is 1. The Balaban J connectivity index is 1.79. The molecule has 0 aromatic rings. The molecule has 18 heavy (non-hydrogen) atoms. The summed E-state index contributed by atoms with van der Waals surface area (Å²) in [6.07, 6.45) is 2.71. The molecule has 2 aliphatic heterocycles. The SMILES string of the molecule is CC1(C)SCCN[C@@H]1C(=O)NOC1CCCCO1. The van der Waals surface area contributed by atoms with Gasteiger partial charge >= 0.3 is 0 Å². The molecule has 0 radical (unpaired) electrons. The van der Waals surface area contributed by atoms with Crippen LogP contribution in [0.25, 0.3) is 0 Å². The lowest BCUT2D eigenvalue weighted by Gasteiger charge is -2.37. The maximum atomic E-state index is 12.1. The van der Waals surface area contributed by atoms with Crippen LogP contribution in [0.3, 0.4) is 0 Å². The van der Waals surface area contributed by atoms with Gasteiger partial charge in [-0.3, -0.25) is 4.79 Å². The van der Waals surface area contributed by atoms with Crippen LogP contribution < -0.4 is 10.8 Å². The third-order valence-electron chi connectivity index (χ3n) is 3.31. The van der Waals surface area contributed by atoms with Crippen LogP contribution in [0.15, 0.2) is 0 Å². The minimum atomic E-state index is -0.290. The van der Waals surface area contributed by atoms with Gasteiger partial charge in [0, 0.05) is 30.1 Å². The van der Waals surface area contributed by atoms with E-state index >= 15 is 0 Å². The third-order valence-corrected chi connectivity index (χ3v) is 4.70. The predicted octanol–water partition coefficient (Wildman–Crippen LogP) is 1.04. The monoisotopic (exact) mass is 274 g/mol. The molecule has 104 valence electrons. The van der Waals surface area contributed by atoms with Crippen molar-refractivity contribution in [3.05, 3.63) is 0 Å².